The third-order valence-corrected chi connectivity index (χ3v) is 4.69. The first-order chi connectivity index (χ1) is 8.59. The maximum atomic E-state index is 12.0. The summed E-state index contributed by atoms with van der Waals surface area (Å²) in [5.41, 5.74) is -0.643. The first kappa shape index (κ1) is 13.8. The van der Waals surface area contributed by atoms with E-state index in [0.717, 1.165) is 32.4 Å². The Morgan fingerprint density at radius 2 is 2.00 bits per heavy atom. The summed E-state index contributed by atoms with van der Waals surface area (Å²) in [5.74, 6) is 0.0638. The molecule has 2 rings (SSSR count). The molecule has 2 aliphatic rings. The zero-order valence-corrected chi connectivity index (χ0v) is 11.5. The molecule has 1 aliphatic heterocycles. The van der Waals surface area contributed by atoms with E-state index in [1.165, 1.54) is 6.42 Å². The number of nitrogens with zero attached hydrogens (tertiary/aromatic N) is 1. The second-order valence-corrected chi connectivity index (χ2v) is 5.93. The molecule has 2 fully saturated rings. The van der Waals surface area contributed by atoms with Gasteiger partial charge < -0.3 is 9.84 Å². The van der Waals surface area contributed by atoms with Gasteiger partial charge in [0.05, 0.1) is 13.2 Å². The van der Waals surface area contributed by atoms with Crippen molar-refractivity contribution < 1.29 is 14.6 Å². The molecule has 0 bridgehead atoms. The SMILES string of the molecule is CC(C)C1CCCCC1(C(=O)O)N1CCOCC1. The molecule has 1 aliphatic carbocycles. The Morgan fingerprint density at radius 1 is 1.33 bits per heavy atom. The van der Waals surface area contributed by atoms with Crippen molar-refractivity contribution in [3.05, 3.63) is 0 Å². The summed E-state index contributed by atoms with van der Waals surface area (Å²) in [5, 5.41) is 9.88. The summed E-state index contributed by atoms with van der Waals surface area (Å²) in [6.45, 7) is 7.17. The van der Waals surface area contributed by atoms with Gasteiger partial charge in [-0.05, 0) is 24.7 Å². The van der Waals surface area contributed by atoms with E-state index in [4.69, 9.17) is 4.74 Å². The molecule has 0 spiro atoms. The lowest BCUT2D eigenvalue weighted by molar-refractivity contribution is -0.166. The van der Waals surface area contributed by atoms with Crippen LogP contribution in [0.2, 0.25) is 0 Å². The molecule has 0 aromatic heterocycles. The van der Waals surface area contributed by atoms with E-state index in [9.17, 15) is 9.90 Å². The largest absolute Gasteiger partial charge is 0.480 e. The van der Waals surface area contributed by atoms with E-state index in [1.54, 1.807) is 0 Å². The third kappa shape index (κ3) is 2.28. The highest BCUT2D eigenvalue weighted by Crippen LogP contribution is 2.43. The average molecular weight is 255 g/mol. The summed E-state index contributed by atoms with van der Waals surface area (Å²) < 4.78 is 5.38. The number of carboxylic acids is 1. The topological polar surface area (TPSA) is 49.8 Å². The Labute approximate surface area is 109 Å². The molecule has 1 saturated heterocycles. The van der Waals surface area contributed by atoms with Gasteiger partial charge in [0.25, 0.3) is 0 Å². The predicted molar refractivity (Wildman–Crippen MR) is 69.6 cm³/mol. The van der Waals surface area contributed by atoms with Gasteiger partial charge in [-0.3, -0.25) is 9.69 Å². The summed E-state index contributed by atoms with van der Waals surface area (Å²) in [4.78, 5) is 14.2. The van der Waals surface area contributed by atoms with Gasteiger partial charge in [0.1, 0.15) is 5.54 Å². The monoisotopic (exact) mass is 255 g/mol. The zero-order chi connectivity index (χ0) is 13.2. The number of rotatable bonds is 3. The minimum Gasteiger partial charge on any atom is -0.480 e. The lowest BCUT2D eigenvalue weighted by Gasteiger charge is -2.51. The van der Waals surface area contributed by atoms with E-state index in [1.807, 2.05) is 0 Å². The molecule has 0 aromatic carbocycles. The smallest absolute Gasteiger partial charge is 0.324 e. The van der Waals surface area contributed by atoms with Crippen molar-refractivity contribution in [2.75, 3.05) is 26.3 Å². The Morgan fingerprint density at radius 3 is 2.56 bits per heavy atom. The van der Waals surface area contributed by atoms with Gasteiger partial charge in [-0.15, -0.1) is 0 Å². The molecule has 2 atom stereocenters. The Hall–Kier alpha value is -0.610. The van der Waals surface area contributed by atoms with Crippen LogP contribution >= 0.6 is 0 Å². The van der Waals surface area contributed by atoms with Crippen molar-refractivity contribution in [2.24, 2.45) is 11.8 Å². The number of hydrogen-bond donors (Lipinski definition) is 1. The third-order valence-electron chi connectivity index (χ3n) is 4.69. The van der Waals surface area contributed by atoms with E-state index in [2.05, 4.69) is 18.7 Å². The number of carbonyl (C=O) groups is 1. The van der Waals surface area contributed by atoms with Crippen molar-refractivity contribution >= 4 is 5.97 Å². The second kappa shape index (κ2) is 5.57. The molecular weight excluding hydrogens is 230 g/mol. The van der Waals surface area contributed by atoms with Crippen LogP contribution in [0.1, 0.15) is 39.5 Å². The molecule has 4 heteroatoms. The Bertz CT molecular complexity index is 299. The van der Waals surface area contributed by atoms with Gasteiger partial charge >= 0.3 is 5.97 Å². The number of morpholine rings is 1. The highest BCUT2D eigenvalue weighted by molar-refractivity contribution is 5.79. The standard InChI is InChI=1S/C14H25NO3/c1-11(2)12-5-3-4-6-14(12,13(16)17)15-7-9-18-10-8-15/h11-12H,3-10H2,1-2H3,(H,16,17). The first-order valence-corrected chi connectivity index (χ1v) is 7.15. The summed E-state index contributed by atoms with van der Waals surface area (Å²) in [6.07, 6.45) is 4.04. The van der Waals surface area contributed by atoms with E-state index in [-0.39, 0.29) is 5.92 Å². The lowest BCUT2D eigenvalue weighted by atomic mass is 9.66. The number of carboxylic acid groups (broad SMARTS) is 1. The second-order valence-electron chi connectivity index (χ2n) is 5.93. The van der Waals surface area contributed by atoms with Gasteiger partial charge in [-0.25, -0.2) is 0 Å². The molecule has 0 radical (unpaired) electrons. The number of ether oxygens (including phenoxy) is 1. The van der Waals surface area contributed by atoms with Crippen molar-refractivity contribution in [2.45, 2.75) is 45.1 Å². The molecule has 1 heterocycles. The molecule has 104 valence electrons. The number of hydrogen-bond acceptors (Lipinski definition) is 3. The molecule has 2 unspecified atom stereocenters. The normalized spacial score (nSPS) is 34.7. The van der Waals surface area contributed by atoms with Crippen LogP contribution in [0.15, 0.2) is 0 Å². The van der Waals surface area contributed by atoms with Crippen LogP contribution in [0.25, 0.3) is 0 Å². The molecular formula is C14H25NO3. The highest BCUT2D eigenvalue weighted by Gasteiger charge is 2.52. The molecule has 0 aromatic rings. The molecule has 4 nitrogen and oxygen atoms in total. The van der Waals surface area contributed by atoms with Crippen molar-refractivity contribution in [1.82, 2.24) is 4.90 Å². The predicted octanol–water partition coefficient (Wildman–Crippen LogP) is 1.99. The zero-order valence-electron chi connectivity index (χ0n) is 11.5. The van der Waals surface area contributed by atoms with Crippen LogP contribution in [0.4, 0.5) is 0 Å². The van der Waals surface area contributed by atoms with Gasteiger partial charge in [-0.1, -0.05) is 26.7 Å². The van der Waals surface area contributed by atoms with Crippen LogP contribution in [0.3, 0.4) is 0 Å². The quantitative estimate of drug-likeness (QED) is 0.838. The summed E-state index contributed by atoms with van der Waals surface area (Å²) in [7, 11) is 0. The van der Waals surface area contributed by atoms with Crippen molar-refractivity contribution in [1.29, 1.82) is 0 Å². The fourth-order valence-electron chi connectivity index (χ4n) is 3.82. The minimum atomic E-state index is -0.643. The van der Waals surface area contributed by atoms with E-state index >= 15 is 0 Å². The van der Waals surface area contributed by atoms with Gasteiger partial charge in [-0.2, -0.15) is 0 Å². The summed E-state index contributed by atoms with van der Waals surface area (Å²) >= 11 is 0. The highest BCUT2D eigenvalue weighted by atomic mass is 16.5. The first-order valence-electron chi connectivity index (χ1n) is 7.15. The Kier molecular flexibility index (Phi) is 4.28. The van der Waals surface area contributed by atoms with E-state index < -0.39 is 11.5 Å². The average Bonchev–Trinajstić information content (AvgIpc) is 2.39. The van der Waals surface area contributed by atoms with E-state index in [0.29, 0.717) is 19.1 Å². The maximum absolute atomic E-state index is 12.0. The van der Waals surface area contributed by atoms with Crippen LogP contribution in [0.5, 0.6) is 0 Å². The van der Waals surface area contributed by atoms with Crippen LogP contribution in [-0.4, -0.2) is 47.8 Å². The van der Waals surface area contributed by atoms with Crippen LogP contribution in [-0.2, 0) is 9.53 Å². The minimum absolute atomic E-state index is 0.266. The molecule has 18 heavy (non-hydrogen) atoms. The number of aliphatic carboxylic acids is 1. The summed E-state index contributed by atoms with van der Waals surface area (Å²) in [6, 6.07) is 0. The van der Waals surface area contributed by atoms with Crippen LogP contribution in [0, 0.1) is 11.8 Å². The lowest BCUT2D eigenvalue weighted by Crippen LogP contribution is -2.64. The fourth-order valence-corrected chi connectivity index (χ4v) is 3.82. The molecule has 1 saturated carbocycles. The van der Waals surface area contributed by atoms with Crippen LogP contribution < -0.4 is 0 Å². The van der Waals surface area contributed by atoms with Gasteiger partial charge in [0.2, 0.25) is 0 Å². The van der Waals surface area contributed by atoms with Crippen molar-refractivity contribution in [3.63, 3.8) is 0 Å². The van der Waals surface area contributed by atoms with Gasteiger partial charge in [0, 0.05) is 13.1 Å². The molecule has 0 amide bonds. The molecule has 1 N–H and O–H groups in total. The Balaban J connectivity index is 2.30. The maximum Gasteiger partial charge on any atom is 0.324 e. The van der Waals surface area contributed by atoms with Gasteiger partial charge in [0.15, 0.2) is 0 Å². The fraction of sp³-hybridized carbons (Fsp3) is 0.929. The van der Waals surface area contributed by atoms with Crippen molar-refractivity contribution in [3.8, 4) is 0 Å².